The van der Waals surface area contributed by atoms with E-state index in [2.05, 4.69) is 60.5 Å². The van der Waals surface area contributed by atoms with Crippen LogP contribution in [0.4, 0.5) is 0 Å². The van der Waals surface area contributed by atoms with Gasteiger partial charge < -0.3 is 9.33 Å². The second-order valence-electron chi connectivity index (χ2n) is 9.34. The van der Waals surface area contributed by atoms with Gasteiger partial charge in [0.15, 0.2) is 8.32 Å². The molecule has 26 heavy (non-hydrogen) atoms. The van der Waals surface area contributed by atoms with Crippen molar-refractivity contribution in [1.82, 2.24) is 4.90 Å². The number of amides is 1. The van der Waals surface area contributed by atoms with E-state index in [4.69, 9.17) is 4.43 Å². The first-order chi connectivity index (χ1) is 11.9. The van der Waals surface area contributed by atoms with Crippen molar-refractivity contribution in [3.63, 3.8) is 0 Å². The number of nitrogens with zero attached hydrogens (tertiary/aromatic N) is 1. The highest BCUT2D eigenvalue weighted by Crippen LogP contribution is 2.47. The van der Waals surface area contributed by atoms with Crippen LogP contribution in [0.25, 0.3) is 0 Å². The van der Waals surface area contributed by atoms with Gasteiger partial charge in [0.25, 0.3) is 0 Å². The Hall–Kier alpha value is -0.396. The van der Waals surface area contributed by atoms with Crippen molar-refractivity contribution < 1.29 is 9.22 Å². The molecule has 2 atom stereocenters. The van der Waals surface area contributed by atoms with E-state index >= 15 is 0 Å². The first-order valence-corrected chi connectivity index (χ1v) is 16.6. The Labute approximate surface area is 165 Å². The second-order valence-corrected chi connectivity index (χ2v) is 19.1. The number of rotatable bonds is 13. The topological polar surface area (TPSA) is 29.5 Å². The molecule has 3 nitrogen and oxygen atoms in total. The molecule has 0 saturated carbocycles. The van der Waals surface area contributed by atoms with Crippen LogP contribution >= 0.6 is 0 Å². The lowest BCUT2D eigenvalue weighted by Gasteiger charge is -2.46. The SMILES string of the molecule is C=CC(=O)N(C)CCCC(C)(CC)[Si](C)(C)OC(C)[Si](C)(C)CCCC. The Morgan fingerprint density at radius 3 is 2.27 bits per heavy atom. The van der Waals surface area contributed by atoms with Gasteiger partial charge in [0.05, 0.1) is 8.07 Å². The molecule has 1 amide bonds. The molecule has 0 bridgehead atoms. The minimum Gasteiger partial charge on any atom is -0.417 e. The first kappa shape index (κ1) is 25.6. The van der Waals surface area contributed by atoms with Crippen molar-refractivity contribution in [2.75, 3.05) is 13.6 Å². The molecule has 154 valence electrons. The summed E-state index contributed by atoms with van der Waals surface area (Å²) in [6.45, 7) is 23.4. The van der Waals surface area contributed by atoms with Gasteiger partial charge >= 0.3 is 0 Å². The summed E-state index contributed by atoms with van der Waals surface area (Å²) in [5, 5.41) is 0.231. The van der Waals surface area contributed by atoms with Gasteiger partial charge in [-0.15, -0.1) is 0 Å². The predicted molar refractivity (Wildman–Crippen MR) is 121 cm³/mol. The van der Waals surface area contributed by atoms with Crippen LogP contribution in [0, 0.1) is 0 Å². The van der Waals surface area contributed by atoms with Crippen LogP contribution in [0.3, 0.4) is 0 Å². The highest BCUT2D eigenvalue weighted by Gasteiger charge is 2.45. The minimum atomic E-state index is -1.87. The van der Waals surface area contributed by atoms with Crippen LogP contribution in [0.2, 0.25) is 37.3 Å². The van der Waals surface area contributed by atoms with Gasteiger partial charge in [-0.2, -0.15) is 0 Å². The van der Waals surface area contributed by atoms with Crippen molar-refractivity contribution in [3.05, 3.63) is 12.7 Å². The van der Waals surface area contributed by atoms with Crippen LogP contribution < -0.4 is 0 Å². The van der Waals surface area contributed by atoms with Crippen molar-refractivity contribution >= 4 is 22.3 Å². The summed E-state index contributed by atoms with van der Waals surface area (Å²) < 4.78 is 6.89. The van der Waals surface area contributed by atoms with E-state index < -0.39 is 16.4 Å². The molecule has 0 N–H and O–H groups in total. The molecular weight excluding hydrogens is 354 g/mol. The maximum absolute atomic E-state index is 11.7. The zero-order valence-corrected chi connectivity index (χ0v) is 21.1. The van der Waals surface area contributed by atoms with Gasteiger partial charge in [-0.1, -0.05) is 65.8 Å². The smallest absolute Gasteiger partial charge is 0.245 e. The molecule has 2 unspecified atom stereocenters. The highest BCUT2D eigenvalue weighted by atomic mass is 28.4. The average Bonchev–Trinajstić information content (AvgIpc) is 2.58. The number of hydrogen-bond acceptors (Lipinski definition) is 2. The third-order valence-electron chi connectivity index (χ3n) is 6.75. The van der Waals surface area contributed by atoms with E-state index in [9.17, 15) is 4.79 Å². The van der Waals surface area contributed by atoms with Gasteiger partial charge in [-0.3, -0.25) is 4.79 Å². The van der Waals surface area contributed by atoms with Gasteiger partial charge in [0.2, 0.25) is 5.91 Å². The van der Waals surface area contributed by atoms with Crippen LogP contribution in [-0.2, 0) is 9.22 Å². The molecular formula is C21H45NO2Si2. The molecule has 0 aromatic heterocycles. The number of carbonyl (C=O) groups is 1. The fourth-order valence-corrected chi connectivity index (χ4v) is 10.1. The lowest BCUT2D eigenvalue weighted by atomic mass is 10.0. The third kappa shape index (κ3) is 7.31. The normalized spacial score (nSPS) is 16.0. The van der Waals surface area contributed by atoms with Crippen LogP contribution in [0.5, 0.6) is 0 Å². The monoisotopic (exact) mass is 399 g/mol. The Morgan fingerprint density at radius 2 is 1.81 bits per heavy atom. The summed E-state index contributed by atoms with van der Waals surface area (Å²) in [6.07, 6.45) is 7.25. The number of hydrogen-bond donors (Lipinski definition) is 0. The van der Waals surface area contributed by atoms with Crippen molar-refractivity contribution in [1.29, 1.82) is 0 Å². The standard InChI is InChI=1S/C21H45NO2Si2/c1-11-14-18-25(7,8)19(4)24-26(9,10)21(5,13-3)16-15-17-22(6)20(23)12-2/h12,19H,2,11,13-18H2,1,3-10H3. The molecule has 0 fully saturated rings. The van der Waals surface area contributed by atoms with Crippen LogP contribution in [0.1, 0.15) is 59.8 Å². The summed E-state index contributed by atoms with van der Waals surface area (Å²) in [5.41, 5.74) is 0.409. The van der Waals surface area contributed by atoms with E-state index in [1.807, 2.05) is 7.05 Å². The Morgan fingerprint density at radius 1 is 1.23 bits per heavy atom. The Kier molecular flexibility index (Phi) is 10.6. The van der Waals surface area contributed by atoms with Gasteiger partial charge in [-0.05, 0) is 44.0 Å². The summed E-state index contributed by atoms with van der Waals surface area (Å²) in [5.74, 6) is 0.00764. The van der Waals surface area contributed by atoms with E-state index in [0.717, 1.165) is 25.8 Å². The summed E-state index contributed by atoms with van der Waals surface area (Å²) in [4.78, 5) is 13.4. The van der Waals surface area contributed by atoms with Crippen molar-refractivity contribution in [2.24, 2.45) is 0 Å². The molecule has 0 aliphatic rings. The second kappa shape index (κ2) is 10.8. The maximum atomic E-state index is 11.7. The lowest BCUT2D eigenvalue weighted by molar-refractivity contribution is -0.124. The minimum absolute atomic E-state index is 0.00764. The van der Waals surface area contributed by atoms with Gasteiger partial charge in [-0.25, -0.2) is 0 Å². The fourth-order valence-electron chi connectivity index (χ4n) is 3.46. The Bertz CT molecular complexity index is 451. The van der Waals surface area contributed by atoms with Crippen molar-refractivity contribution in [2.45, 2.75) is 103 Å². The molecule has 0 heterocycles. The maximum Gasteiger partial charge on any atom is 0.245 e. The zero-order valence-electron chi connectivity index (χ0n) is 19.1. The quantitative estimate of drug-likeness (QED) is 0.271. The molecule has 0 aromatic rings. The predicted octanol–water partition coefficient (Wildman–Crippen LogP) is 6.24. The average molecular weight is 400 g/mol. The zero-order chi connectivity index (χ0) is 20.6. The van der Waals surface area contributed by atoms with E-state index in [-0.39, 0.29) is 10.9 Å². The number of unbranched alkanes of at least 4 members (excludes halogenated alkanes) is 1. The van der Waals surface area contributed by atoms with E-state index in [0.29, 0.717) is 5.73 Å². The summed E-state index contributed by atoms with van der Waals surface area (Å²) >= 11 is 0. The van der Waals surface area contributed by atoms with E-state index in [1.165, 1.54) is 25.0 Å². The molecule has 0 spiro atoms. The lowest BCUT2D eigenvalue weighted by Crippen LogP contribution is -2.52. The molecule has 0 radical (unpaired) electrons. The molecule has 0 saturated heterocycles. The van der Waals surface area contributed by atoms with Crippen LogP contribution in [-0.4, -0.2) is 46.5 Å². The van der Waals surface area contributed by atoms with Crippen molar-refractivity contribution in [3.8, 4) is 0 Å². The third-order valence-corrected chi connectivity index (χ3v) is 15.4. The molecule has 5 heteroatoms. The highest BCUT2D eigenvalue weighted by molar-refractivity contribution is 6.81. The first-order valence-electron chi connectivity index (χ1n) is 10.4. The molecule has 0 aliphatic heterocycles. The molecule has 0 aromatic carbocycles. The van der Waals surface area contributed by atoms with Gasteiger partial charge in [0, 0.05) is 19.3 Å². The molecule has 0 aliphatic carbocycles. The summed E-state index contributed by atoms with van der Waals surface area (Å²) in [7, 11) is -1.36. The van der Waals surface area contributed by atoms with Gasteiger partial charge in [0.1, 0.15) is 0 Å². The largest absolute Gasteiger partial charge is 0.417 e. The Balaban J connectivity index is 4.95. The number of likely N-dealkylation sites (N-methyl/N-ethyl adjacent to an activating group) is 1. The molecule has 0 rings (SSSR count). The van der Waals surface area contributed by atoms with Crippen LogP contribution in [0.15, 0.2) is 12.7 Å². The fraction of sp³-hybridized carbons (Fsp3) is 0.857. The summed E-state index contributed by atoms with van der Waals surface area (Å²) in [6, 6.07) is 1.35. The number of carbonyl (C=O) groups excluding carboxylic acids is 1. The van der Waals surface area contributed by atoms with E-state index in [1.54, 1.807) is 4.90 Å².